The molecule has 0 saturated carbocycles. The summed E-state index contributed by atoms with van der Waals surface area (Å²) in [4.78, 5) is 0. The van der Waals surface area contributed by atoms with Crippen molar-refractivity contribution in [3.05, 3.63) is 65.5 Å². The summed E-state index contributed by atoms with van der Waals surface area (Å²) in [7, 11) is 0. The molecule has 0 amide bonds. The van der Waals surface area contributed by atoms with Gasteiger partial charge in [-0.1, -0.05) is 24.3 Å². The molecule has 0 aliphatic rings. The summed E-state index contributed by atoms with van der Waals surface area (Å²) in [6.45, 7) is 1.78. The Bertz CT molecular complexity index is 528. The summed E-state index contributed by atoms with van der Waals surface area (Å²) >= 11 is 0. The Balaban J connectivity index is 1.84. The first-order chi connectivity index (χ1) is 9.78. The third-order valence-electron chi connectivity index (χ3n) is 2.84. The van der Waals surface area contributed by atoms with Crippen LogP contribution < -0.4 is 10.1 Å². The van der Waals surface area contributed by atoms with Crippen LogP contribution in [0.25, 0.3) is 0 Å². The second-order valence-corrected chi connectivity index (χ2v) is 4.46. The first kappa shape index (κ1) is 14.5. The van der Waals surface area contributed by atoms with E-state index in [1.165, 1.54) is 12.1 Å². The van der Waals surface area contributed by atoms with Crippen molar-refractivity contribution in [2.75, 3.05) is 13.2 Å². The van der Waals surface area contributed by atoms with E-state index in [1.807, 2.05) is 30.3 Å². The predicted octanol–water partition coefficient (Wildman–Crippen LogP) is 2.49. The number of halogens is 1. The van der Waals surface area contributed by atoms with Gasteiger partial charge in [0.2, 0.25) is 0 Å². The highest BCUT2D eigenvalue weighted by molar-refractivity contribution is 5.27. The highest BCUT2D eigenvalue weighted by Crippen LogP contribution is 2.14. The van der Waals surface area contributed by atoms with Crippen molar-refractivity contribution >= 4 is 0 Å². The molecule has 2 aromatic rings. The van der Waals surface area contributed by atoms with E-state index in [1.54, 1.807) is 6.07 Å². The monoisotopic (exact) mass is 275 g/mol. The van der Waals surface area contributed by atoms with E-state index in [2.05, 4.69) is 5.32 Å². The van der Waals surface area contributed by atoms with Crippen LogP contribution in [-0.2, 0) is 13.2 Å². The quantitative estimate of drug-likeness (QED) is 0.763. The fourth-order valence-electron chi connectivity index (χ4n) is 1.81. The molecular weight excluding hydrogens is 257 g/mol. The lowest BCUT2D eigenvalue weighted by atomic mass is 10.2. The van der Waals surface area contributed by atoms with Gasteiger partial charge in [-0.15, -0.1) is 0 Å². The van der Waals surface area contributed by atoms with Gasteiger partial charge in [0.15, 0.2) is 0 Å². The van der Waals surface area contributed by atoms with Gasteiger partial charge in [-0.2, -0.15) is 0 Å². The molecule has 0 spiro atoms. The van der Waals surface area contributed by atoms with E-state index in [0.29, 0.717) is 19.7 Å². The zero-order chi connectivity index (χ0) is 14.2. The van der Waals surface area contributed by atoms with Gasteiger partial charge < -0.3 is 15.2 Å². The molecule has 2 N–H and O–H groups in total. The molecule has 0 unspecified atom stereocenters. The summed E-state index contributed by atoms with van der Waals surface area (Å²) in [6, 6.07) is 14.1. The van der Waals surface area contributed by atoms with Gasteiger partial charge in [0, 0.05) is 13.1 Å². The Labute approximate surface area is 118 Å². The molecule has 0 atom stereocenters. The van der Waals surface area contributed by atoms with Crippen LogP contribution in [0.5, 0.6) is 5.75 Å². The Kier molecular flexibility index (Phi) is 5.53. The average Bonchev–Trinajstić information content (AvgIpc) is 2.47. The van der Waals surface area contributed by atoms with Crippen LogP contribution in [0.15, 0.2) is 48.5 Å². The third-order valence-corrected chi connectivity index (χ3v) is 2.84. The normalized spacial score (nSPS) is 10.5. The van der Waals surface area contributed by atoms with Crippen LogP contribution in [0, 0.1) is 5.82 Å². The van der Waals surface area contributed by atoms with Gasteiger partial charge in [0.1, 0.15) is 18.2 Å². The molecule has 2 aromatic carbocycles. The van der Waals surface area contributed by atoms with Crippen LogP contribution in [0.2, 0.25) is 0 Å². The maximum absolute atomic E-state index is 13.0. The predicted molar refractivity (Wildman–Crippen MR) is 76.0 cm³/mol. The second-order valence-electron chi connectivity index (χ2n) is 4.46. The van der Waals surface area contributed by atoms with Crippen LogP contribution in [0.1, 0.15) is 11.1 Å². The van der Waals surface area contributed by atoms with Crippen LogP contribution in [-0.4, -0.2) is 18.3 Å². The summed E-state index contributed by atoms with van der Waals surface area (Å²) in [5.74, 6) is 0.497. The zero-order valence-electron chi connectivity index (χ0n) is 11.2. The topological polar surface area (TPSA) is 41.5 Å². The molecule has 0 heterocycles. The standard InChI is InChI=1S/C16H18FNO2/c17-15-3-1-2-14(10-15)12-20-16-6-4-13(5-7-16)11-18-8-9-19/h1-7,10,18-19H,8-9,11-12H2. The molecular formula is C16H18FNO2. The van der Waals surface area contributed by atoms with Crippen molar-refractivity contribution < 1.29 is 14.2 Å². The van der Waals surface area contributed by atoms with E-state index in [-0.39, 0.29) is 12.4 Å². The second kappa shape index (κ2) is 7.62. The minimum absolute atomic E-state index is 0.134. The Morgan fingerprint density at radius 3 is 2.55 bits per heavy atom. The van der Waals surface area contributed by atoms with E-state index in [0.717, 1.165) is 16.9 Å². The molecule has 106 valence electrons. The fraction of sp³-hybridized carbons (Fsp3) is 0.250. The lowest BCUT2D eigenvalue weighted by Gasteiger charge is -2.08. The van der Waals surface area contributed by atoms with Crippen LogP contribution in [0.4, 0.5) is 4.39 Å². The smallest absolute Gasteiger partial charge is 0.123 e. The van der Waals surface area contributed by atoms with E-state index in [4.69, 9.17) is 9.84 Å². The third kappa shape index (κ3) is 4.64. The molecule has 20 heavy (non-hydrogen) atoms. The number of hydrogen-bond acceptors (Lipinski definition) is 3. The molecule has 0 saturated heterocycles. The number of nitrogens with one attached hydrogen (secondary N) is 1. The molecule has 0 radical (unpaired) electrons. The summed E-state index contributed by atoms with van der Waals surface area (Å²) in [5, 5.41) is 11.8. The molecule has 0 aliphatic carbocycles. The van der Waals surface area contributed by atoms with Crippen molar-refractivity contribution in [3.8, 4) is 5.75 Å². The van der Waals surface area contributed by atoms with Gasteiger partial charge in [-0.05, 0) is 35.4 Å². The number of rotatable bonds is 7. The van der Waals surface area contributed by atoms with Gasteiger partial charge >= 0.3 is 0 Å². The Morgan fingerprint density at radius 2 is 1.85 bits per heavy atom. The van der Waals surface area contributed by atoms with Crippen molar-refractivity contribution in [2.45, 2.75) is 13.2 Å². The zero-order valence-corrected chi connectivity index (χ0v) is 11.2. The minimum atomic E-state index is -0.253. The highest BCUT2D eigenvalue weighted by Gasteiger charge is 1.98. The van der Waals surface area contributed by atoms with E-state index in [9.17, 15) is 4.39 Å². The number of aliphatic hydroxyl groups is 1. The van der Waals surface area contributed by atoms with Gasteiger partial charge in [-0.25, -0.2) is 4.39 Å². The SMILES string of the molecule is OCCNCc1ccc(OCc2cccc(F)c2)cc1. The molecule has 3 nitrogen and oxygen atoms in total. The maximum atomic E-state index is 13.0. The molecule has 4 heteroatoms. The highest BCUT2D eigenvalue weighted by atomic mass is 19.1. The van der Waals surface area contributed by atoms with Crippen molar-refractivity contribution in [2.24, 2.45) is 0 Å². The molecule has 0 aromatic heterocycles. The molecule has 2 rings (SSSR count). The Morgan fingerprint density at radius 1 is 1.05 bits per heavy atom. The summed E-state index contributed by atoms with van der Waals surface area (Å²) in [6.07, 6.45) is 0. The van der Waals surface area contributed by atoms with Crippen molar-refractivity contribution in [1.82, 2.24) is 5.32 Å². The lowest BCUT2D eigenvalue weighted by molar-refractivity contribution is 0.292. The number of aliphatic hydroxyl groups excluding tert-OH is 1. The number of hydrogen-bond donors (Lipinski definition) is 2. The van der Waals surface area contributed by atoms with Gasteiger partial charge in [0.05, 0.1) is 6.61 Å². The van der Waals surface area contributed by atoms with Crippen molar-refractivity contribution in [1.29, 1.82) is 0 Å². The van der Waals surface area contributed by atoms with E-state index < -0.39 is 0 Å². The molecule has 0 aliphatic heterocycles. The number of ether oxygens (including phenoxy) is 1. The van der Waals surface area contributed by atoms with Gasteiger partial charge in [0.25, 0.3) is 0 Å². The average molecular weight is 275 g/mol. The fourth-order valence-corrected chi connectivity index (χ4v) is 1.81. The maximum Gasteiger partial charge on any atom is 0.123 e. The Hall–Kier alpha value is -1.91. The minimum Gasteiger partial charge on any atom is -0.489 e. The summed E-state index contributed by atoms with van der Waals surface area (Å²) < 4.78 is 18.6. The molecule has 0 fully saturated rings. The van der Waals surface area contributed by atoms with Crippen LogP contribution in [0.3, 0.4) is 0 Å². The lowest BCUT2D eigenvalue weighted by Crippen LogP contribution is -2.17. The first-order valence-electron chi connectivity index (χ1n) is 6.55. The van der Waals surface area contributed by atoms with E-state index >= 15 is 0 Å². The van der Waals surface area contributed by atoms with Crippen molar-refractivity contribution in [3.63, 3.8) is 0 Å². The summed E-state index contributed by atoms with van der Waals surface area (Å²) in [5.41, 5.74) is 1.93. The number of benzene rings is 2. The van der Waals surface area contributed by atoms with Crippen LogP contribution >= 0.6 is 0 Å². The van der Waals surface area contributed by atoms with Gasteiger partial charge in [-0.3, -0.25) is 0 Å². The molecule has 0 bridgehead atoms. The first-order valence-corrected chi connectivity index (χ1v) is 6.55. The largest absolute Gasteiger partial charge is 0.489 e.